The van der Waals surface area contributed by atoms with Crippen LogP contribution in [0.25, 0.3) is 0 Å². The van der Waals surface area contributed by atoms with E-state index in [1.165, 1.54) is 270 Å². The van der Waals surface area contributed by atoms with Crippen LogP contribution in [0, 0.1) is 0 Å². The van der Waals surface area contributed by atoms with Gasteiger partial charge in [-0.05, 0) is 77.0 Å². The molecule has 84 heavy (non-hydrogen) atoms. The summed E-state index contributed by atoms with van der Waals surface area (Å²) in [4.78, 5) is 13.2. The van der Waals surface area contributed by atoms with Gasteiger partial charge in [0.2, 0.25) is 5.91 Å². The summed E-state index contributed by atoms with van der Waals surface area (Å²) in [5, 5.41) is 76.4. The summed E-state index contributed by atoms with van der Waals surface area (Å²) in [5.41, 5.74) is 0. The van der Waals surface area contributed by atoms with E-state index in [0.717, 1.165) is 38.5 Å². The average molecular weight is 1190 g/mol. The Kier molecular flexibility index (Phi) is 58.9. The average Bonchev–Trinajstić information content (AvgIpc) is 3.66. The van der Waals surface area contributed by atoms with Crippen molar-refractivity contribution in [3.63, 3.8) is 0 Å². The van der Waals surface area contributed by atoms with Gasteiger partial charge in [0.15, 0.2) is 6.29 Å². The molecule has 0 aromatic heterocycles. The number of allylic oxidation sites excluding steroid dienone is 6. The van der Waals surface area contributed by atoms with Crippen LogP contribution in [0.15, 0.2) is 36.5 Å². The quantitative estimate of drug-likeness (QED) is 0.0215. The van der Waals surface area contributed by atoms with E-state index in [0.29, 0.717) is 19.3 Å². The fourth-order valence-electron chi connectivity index (χ4n) is 11.8. The van der Waals surface area contributed by atoms with Crippen molar-refractivity contribution in [2.24, 2.45) is 0 Å². The highest BCUT2D eigenvalue weighted by atomic mass is 16.7. The molecule has 1 saturated heterocycles. The molecule has 1 rings (SSSR count). The molecule has 1 heterocycles. The monoisotopic (exact) mass is 1190 g/mol. The highest BCUT2D eigenvalue weighted by Gasteiger charge is 2.44. The number of aliphatic hydroxyl groups is 7. The predicted molar refractivity (Wildman–Crippen MR) is 353 cm³/mol. The van der Waals surface area contributed by atoms with E-state index < -0.39 is 74.2 Å². The van der Waals surface area contributed by atoms with Crippen molar-refractivity contribution in [2.75, 3.05) is 13.2 Å². The number of nitrogens with one attached hydrogen (secondary N) is 1. The van der Waals surface area contributed by atoms with E-state index in [1.807, 2.05) is 0 Å². The van der Waals surface area contributed by atoms with Gasteiger partial charge in [-0.1, -0.05) is 314 Å². The van der Waals surface area contributed by atoms with Crippen LogP contribution in [0.5, 0.6) is 0 Å². The Morgan fingerprint density at radius 2 is 0.714 bits per heavy atom. The maximum atomic E-state index is 13.2. The van der Waals surface area contributed by atoms with Crippen LogP contribution < -0.4 is 5.32 Å². The second kappa shape index (κ2) is 61.6. The van der Waals surface area contributed by atoms with E-state index in [-0.39, 0.29) is 12.8 Å². The van der Waals surface area contributed by atoms with Crippen molar-refractivity contribution < 1.29 is 50.0 Å². The van der Waals surface area contributed by atoms with Crippen molar-refractivity contribution in [3.05, 3.63) is 36.5 Å². The first-order valence-electron chi connectivity index (χ1n) is 36.4. The molecule has 0 radical (unpaired) electrons. The Balaban J connectivity index is 2.14. The van der Waals surface area contributed by atoms with Gasteiger partial charge in [-0.25, -0.2) is 0 Å². The fourth-order valence-corrected chi connectivity index (χ4v) is 11.8. The van der Waals surface area contributed by atoms with Gasteiger partial charge in [-0.3, -0.25) is 4.79 Å². The summed E-state index contributed by atoms with van der Waals surface area (Å²) in [6, 6.07) is -1.19. The van der Waals surface area contributed by atoms with Gasteiger partial charge in [0.05, 0.1) is 25.4 Å². The highest BCUT2D eigenvalue weighted by molar-refractivity contribution is 5.80. The summed E-state index contributed by atoms with van der Waals surface area (Å²) in [5.74, 6) is -0.705. The van der Waals surface area contributed by atoms with Crippen molar-refractivity contribution in [2.45, 2.75) is 409 Å². The molecule has 1 aliphatic heterocycles. The van der Waals surface area contributed by atoms with Crippen molar-refractivity contribution in [1.82, 2.24) is 5.32 Å². The topological polar surface area (TPSA) is 189 Å². The lowest BCUT2D eigenvalue weighted by molar-refractivity contribution is -0.303. The van der Waals surface area contributed by atoms with E-state index in [1.54, 1.807) is 0 Å². The zero-order chi connectivity index (χ0) is 61.0. The fraction of sp³-hybridized carbons (Fsp3) is 0.904. The Labute approximate surface area is 517 Å². The molecule has 9 unspecified atom stereocenters. The van der Waals surface area contributed by atoms with Gasteiger partial charge in [0, 0.05) is 0 Å². The number of amides is 1. The zero-order valence-corrected chi connectivity index (χ0v) is 54.9. The van der Waals surface area contributed by atoms with Gasteiger partial charge in [0.1, 0.15) is 36.6 Å². The first-order valence-corrected chi connectivity index (χ1v) is 36.4. The molecule has 11 heteroatoms. The van der Waals surface area contributed by atoms with E-state index in [9.17, 15) is 40.5 Å². The maximum absolute atomic E-state index is 13.2. The van der Waals surface area contributed by atoms with Crippen LogP contribution in [0.1, 0.15) is 354 Å². The van der Waals surface area contributed by atoms with Crippen LogP contribution in [0.4, 0.5) is 0 Å². The first kappa shape index (κ1) is 80.3. The van der Waals surface area contributed by atoms with Crippen molar-refractivity contribution >= 4 is 5.91 Å². The SMILES string of the molecule is CCCCCCCCCCCC/C=C/CC/C=C/CCCC(O)C(O)C(COC1OC(CO)C(O)C(O)C1O)NC(=O)C(O)CCCCCCCCCCCCCCCCCC/C=C\CCCCCCCCCCCCCCCCCCCC. The lowest BCUT2D eigenvalue weighted by atomic mass is 9.98. The minimum Gasteiger partial charge on any atom is -0.394 e. The van der Waals surface area contributed by atoms with Crippen molar-refractivity contribution in [1.29, 1.82) is 0 Å². The van der Waals surface area contributed by atoms with Crippen LogP contribution in [-0.4, -0.2) is 110 Å². The highest BCUT2D eigenvalue weighted by Crippen LogP contribution is 2.24. The number of hydrogen-bond acceptors (Lipinski definition) is 10. The smallest absolute Gasteiger partial charge is 0.249 e. The lowest BCUT2D eigenvalue weighted by Gasteiger charge is -2.40. The van der Waals surface area contributed by atoms with Gasteiger partial charge >= 0.3 is 0 Å². The number of carbonyl (C=O) groups excluding carboxylic acids is 1. The molecule has 0 spiro atoms. The zero-order valence-electron chi connectivity index (χ0n) is 54.9. The third-order valence-electron chi connectivity index (χ3n) is 17.6. The normalized spacial score (nSPS) is 19.1. The molecule has 0 saturated carbocycles. The first-order chi connectivity index (χ1) is 41.2. The summed E-state index contributed by atoms with van der Waals surface area (Å²) in [7, 11) is 0. The van der Waals surface area contributed by atoms with Gasteiger partial charge in [0.25, 0.3) is 0 Å². The number of unbranched alkanes of at least 4 members (excludes halogenated alkanes) is 46. The van der Waals surface area contributed by atoms with Gasteiger partial charge in [-0.15, -0.1) is 0 Å². The van der Waals surface area contributed by atoms with E-state index in [2.05, 4.69) is 55.6 Å². The molecule has 1 fully saturated rings. The standard InChI is InChI=1S/C73H139NO10/c1-3-5-7-9-11-13-15-17-19-21-23-24-25-26-27-28-29-30-31-32-33-34-35-36-37-38-39-40-41-43-45-47-49-51-53-55-57-59-61-66(77)72(82)74-64(63-83-73-71(81)70(80)69(79)67(62-75)84-73)68(78)65(76)60-58-56-54-52-50-48-46-44-42-22-20-18-16-14-12-10-8-6-4-2/h32-33,44,46,52,54,64-71,73,75-81H,3-31,34-43,45,47-51,53,55-63H2,1-2H3,(H,74,82)/b33-32-,46-44+,54-52+. The van der Waals surface area contributed by atoms with Crippen LogP contribution in [0.2, 0.25) is 0 Å². The van der Waals surface area contributed by atoms with Gasteiger partial charge < -0.3 is 50.5 Å². The molecular formula is C73H139NO10. The molecule has 0 bridgehead atoms. The van der Waals surface area contributed by atoms with Crippen molar-refractivity contribution in [3.8, 4) is 0 Å². The number of aliphatic hydroxyl groups excluding tert-OH is 7. The summed E-state index contributed by atoms with van der Waals surface area (Å²) < 4.78 is 11.2. The largest absolute Gasteiger partial charge is 0.394 e. The van der Waals surface area contributed by atoms with E-state index in [4.69, 9.17) is 9.47 Å². The predicted octanol–water partition coefficient (Wildman–Crippen LogP) is 17.8. The molecule has 496 valence electrons. The maximum Gasteiger partial charge on any atom is 0.249 e. The Hall–Kier alpha value is -1.67. The third-order valence-corrected chi connectivity index (χ3v) is 17.6. The molecule has 11 nitrogen and oxygen atoms in total. The number of ether oxygens (including phenoxy) is 2. The molecule has 0 aromatic carbocycles. The molecule has 8 N–H and O–H groups in total. The molecular weight excluding hydrogens is 1050 g/mol. The lowest BCUT2D eigenvalue weighted by Crippen LogP contribution is -2.60. The molecule has 1 amide bonds. The summed E-state index contributed by atoms with van der Waals surface area (Å²) in [6.45, 7) is 3.48. The number of rotatable bonds is 64. The molecule has 9 atom stereocenters. The van der Waals surface area contributed by atoms with Crippen LogP contribution in [-0.2, 0) is 14.3 Å². The summed E-state index contributed by atoms with van der Waals surface area (Å²) >= 11 is 0. The number of hydrogen-bond donors (Lipinski definition) is 8. The van der Waals surface area contributed by atoms with Gasteiger partial charge in [-0.2, -0.15) is 0 Å². The van der Waals surface area contributed by atoms with Crippen LogP contribution >= 0.6 is 0 Å². The molecule has 0 aromatic rings. The molecule has 0 aliphatic carbocycles. The second-order valence-corrected chi connectivity index (χ2v) is 25.6. The third kappa shape index (κ3) is 48.3. The Morgan fingerprint density at radius 1 is 0.405 bits per heavy atom. The second-order valence-electron chi connectivity index (χ2n) is 25.6. The Morgan fingerprint density at radius 3 is 1.06 bits per heavy atom. The summed E-state index contributed by atoms with van der Waals surface area (Å²) in [6.07, 6.45) is 68.3. The van der Waals surface area contributed by atoms with Crippen LogP contribution in [0.3, 0.4) is 0 Å². The minimum absolute atomic E-state index is 0.248. The number of carbonyl (C=O) groups is 1. The minimum atomic E-state index is -1.67. The Bertz CT molecular complexity index is 1460. The molecule has 1 aliphatic rings. The van der Waals surface area contributed by atoms with E-state index >= 15 is 0 Å².